The van der Waals surface area contributed by atoms with Crippen LogP contribution in [-0.4, -0.2) is 55.2 Å². The van der Waals surface area contributed by atoms with Crippen molar-refractivity contribution in [2.24, 2.45) is 0 Å². The first-order valence-electron chi connectivity index (χ1n) is 7.75. The van der Waals surface area contributed by atoms with Gasteiger partial charge in [0.2, 0.25) is 0 Å². The van der Waals surface area contributed by atoms with Gasteiger partial charge >= 0.3 is 0 Å². The Kier molecular flexibility index (Phi) is 4.45. The molecule has 2 nitrogen and oxygen atoms in total. The van der Waals surface area contributed by atoms with E-state index in [1.807, 2.05) is 12.1 Å². The fraction of sp³-hybridized carbons (Fsp3) is 0.529. The van der Waals surface area contributed by atoms with E-state index in [-0.39, 0.29) is 0 Å². The van der Waals surface area contributed by atoms with Crippen LogP contribution in [0.1, 0.15) is 18.4 Å². The highest BCUT2D eigenvalue weighted by atomic mass is 35.5. The molecule has 0 radical (unpaired) electrons. The highest BCUT2D eigenvalue weighted by Gasteiger charge is 2.35. The molecule has 2 fully saturated rings. The van der Waals surface area contributed by atoms with Crippen LogP contribution in [-0.2, 0) is 0 Å². The maximum atomic E-state index is 5.89. The molecule has 2 heterocycles. The standard InChI is InChI=1S/C17H24ClN2/c18-17-7-5-16(6-8-17)4-3-9-19-10-14-20(15-11-19)12-1-2-13-20/h3-8H,1-2,9-15H2/q+1/b4-3+. The minimum absolute atomic E-state index is 0.804. The minimum Gasteiger partial charge on any atom is -0.321 e. The third kappa shape index (κ3) is 3.43. The van der Waals surface area contributed by atoms with Crippen LogP contribution in [0.15, 0.2) is 30.3 Å². The van der Waals surface area contributed by atoms with Crippen LogP contribution in [0, 0.1) is 0 Å². The lowest BCUT2D eigenvalue weighted by Gasteiger charge is -2.41. The van der Waals surface area contributed by atoms with Crippen LogP contribution in [0.3, 0.4) is 0 Å². The van der Waals surface area contributed by atoms with Crippen LogP contribution < -0.4 is 0 Å². The molecule has 2 aliphatic heterocycles. The van der Waals surface area contributed by atoms with Crippen molar-refractivity contribution in [3.8, 4) is 0 Å². The van der Waals surface area contributed by atoms with Crippen molar-refractivity contribution in [1.82, 2.24) is 4.90 Å². The van der Waals surface area contributed by atoms with Gasteiger partial charge in [-0.25, -0.2) is 0 Å². The number of piperazine rings is 1. The molecule has 0 saturated carbocycles. The van der Waals surface area contributed by atoms with E-state index < -0.39 is 0 Å². The Bertz CT molecular complexity index is 450. The maximum Gasteiger partial charge on any atom is 0.0916 e. The molecule has 20 heavy (non-hydrogen) atoms. The van der Waals surface area contributed by atoms with Crippen LogP contribution in [0.2, 0.25) is 5.02 Å². The van der Waals surface area contributed by atoms with Gasteiger partial charge in [0.1, 0.15) is 0 Å². The van der Waals surface area contributed by atoms with Gasteiger partial charge in [-0.2, -0.15) is 0 Å². The third-order valence-corrected chi connectivity index (χ3v) is 5.09. The zero-order valence-electron chi connectivity index (χ0n) is 12.1. The van der Waals surface area contributed by atoms with E-state index in [4.69, 9.17) is 11.6 Å². The summed E-state index contributed by atoms with van der Waals surface area (Å²) in [7, 11) is 0. The molecule has 3 rings (SSSR count). The Labute approximate surface area is 127 Å². The number of hydrogen-bond donors (Lipinski definition) is 0. The van der Waals surface area contributed by atoms with Gasteiger partial charge in [-0.1, -0.05) is 35.9 Å². The van der Waals surface area contributed by atoms with Gasteiger partial charge in [0.25, 0.3) is 0 Å². The van der Waals surface area contributed by atoms with Crippen molar-refractivity contribution in [3.05, 3.63) is 40.9 Å². The van der Waals surface area contributed by atoms with Gasteiger partial charge in [-0.05, 0) is 17.7 Å². The Hall–Kier alpha value is -0.830. The molecule has 0 N–H and O–H groups in total. The summed E-state index contributed by atoms with van der Waals surface area (Å²) < 4.78 is 1.40. The van der Waals surface area contributed by atoms with E-state index in [0.29, 0.717) is 0 Å². The third-order valence-electron chi connectivity index (χ3n) is 4.84. The summed E-state index contributed by atoms with van der Waals surface area (Å²) in [5.74, 6) is 0. The summed E-state index contributed by atoms with van der Waals surface area (Å²) in [5, 5.41) is 0.804. The second-order valence-corrected chi connectivity index (χ2v) is 6.63. The molecule has 0 atom stereocenters. The van der Waals surface area contributed by atoms with Crippen molar-refractivity contribution in [2.45, 2.75) is 12.8 Å². The van der Waals surface area contributed by atoms with Crippen LogP contribution >= 0.6 is 11.6 Å². The normalized spacial score (nSPS) is 22.9. The summed E-state index contributed by atoms with van der Waals surface area (Å²) in [6, 6.07) is 8.03. The average Bonchev–Trinajstić information content (AvgIpc) is 2.92. The van der Waals surface area contributed by atoms with Crippen LogP contribution in [0.25, 0.3) is 6.08 Å². The fourth-order valence-corrected chi connectivity index (χ4v) is 3.60. The van der Waals surface area contributed by atoms with Crippen molar-refractivity contribution in [3.63, 3.8) is 0 Å². The van der Waals surface area contributed by atoms with Crippen molar-refractivity contribution in [2.75, 3.05) is 45.8 Å². The number of rotatable bonds is 3. The smallest absolute Gasteiger partial charge is 0.0916 e. The summed E-state index contributed by atoms with van der Waals surface area (Å²) in [4.78, 5) is 2.58. The fourth-order valence-electron chi connectivity index (χ4n) is 3.48. The molecule has 2 aliphatic rings. The number of halogens is 1. The summed E-state index contributed by atoms with van der Waals surface area (Å²) in [6.45, 7) is 9.14. The first kappa shape index (κ1) is 14.1. The van der Waals surface area contributed by atoms with Crippen LogP contribution in [0.4, 0.5) is 0 Å². The predicted octanol–water partition coefficient (Wildman–Crippen LogP) is 3.28. The lowest BCUT2D eigenvalue weighted by molar-refractivity contribution is -0.920. The van der Waals surface area contributed by atoms with Gasteiger partial charge < -0.3 is 4.48 Å². The topological polar surface area (TPSA) is 3.24 Å². The zero-order valence-corrected chi connectivity index (χ0v) is 12.9. The molecule has 0 amide bonds. The molecule has 1 aromatic rings. The van der Waals surface area contributed by atoms with Crippen molar-refractivity contribution >= 4 is 17.7 Å². The van der Waals surface area contributed by atoms with Gasteiger partial charge in [-0.3, -0.25) is 4.90 Å². The Morgan fingerprint density at radius 2 is 1.65 bits per heavy atom. The molecule has 0 aliphatic carbocycles. The minimum atomic E-state index is 0.804. The van der Waals surface area contributed by atoms with Gasteiger partial charge in [-0.15, -0.1) is 0 Å². The SMILES string of the molecule is Clc1ccc(/C=C/CN2CC[N+]3(CCCC3)CC2)cc1. The van der Waals surface area contributed by atoms with E-state index in [9.17, 15) is 0 Å². The molecule has 3 heteroatoms. The molecule has 1 spiro atoms. The van der Waals surface area contributed by atoms with E-state index in [0.717, 1.165) is 11.6 Å². The Morgan fingerprint density at radius 3 is 2.30 bits per heavy atom. The van der Waals surface area contributed by atoms with Crippen molar-refractivity contribution < 1.29 is 4.48 Å². The Balaban J connectivity index is 1.46. The number of nitrogens with zero attached hydrogens (tertiary/aromatic N) is 2. The van der Waals surface area contributed by atoms with E-state index in [1.165, 1.54) is 62.2 Å². The van der Waals surface area contributed by atoms with E-state index in [1.54, 1.807) is 0 Å². The van der Waals surface area contributed by atoms with E-state index >= 15 is 0 Å². The van der Waals surface area contributed by atoms with Gasteiger partial charge in [0, 0.05) is 37.5 Å². The molecule has 2 saturated heterocycles. The molecule has 0 aromatic heterocycles. The average molecular weight is 292 g/mol. The molecule has 108 valence electrons. The summed E-state index contributed by atoms with van der Waals surface area (Å²) >= 11 is 5.89. The lowest BCUT2D eigenvalue weighted by atomic mass is 10.2. The lowest BCUT2D eigenvalue weighted by Crippen LogP contribution is -2.57. The van der Waals surface area contributed by atoms with Crippen molar-refractivity contribution in [1.29, 1.82) is 0 Å². The largest absolute Gasteiger partial charge is 0.321 e. The molecule has 1 aromatic carbocycles. The molecular weight excluding hydrogens is 268 g/mol. The highest BCUT2D eigenvalue weighted by molar-refractivity contribution is 6.30. The second kappa shape index (κ2) is 6.30. The monoisotopic (exact) mass is 291 g/mol. The second-order valence-electron chi connectivity index (χ2n) is 6.20. The highest BCUT2D eigenvalue weighted by Crippen LogP contribution is 2.22. The summed E-state index contributed by atoms with van der Waals surface area (Å²) in [5.41, 5.74) is 1.23. The predicted molar refractivity (Wildman–Crippen MR) is 85.9 cm³/mol. The zero-order chi connectivity index (χ0) is 13.8. The van der Waals surface area contributed by atoms with Gasteiger partial charge in [0.15, 0.2) is 0 Å². The number of benzene rings is 1. The first-order valence-corrected chi connectivity index (χ1v) is 8.13. The summed E-state index contributed by atoms with van der Waals surface area (Å²) in [6.07, 6.45) is 7.36. The molecule has 0 unspecified atom stereocenters. The van der Waals surface area contributed by atoms with Gasteiger partial charge in [0.05, 0.1) is 26.2 Å². The first-order chi connectivity index (χ1) is 9.76. The quantitative estimate of drug-likeness (QED) is 0.773. The molecule has 0 bridgehead atoms. The molecular formula is C17H24ClN2+. The number of hydrogen-bond acceptors (Lipinski definition) is 1. The number of quaternary nitrogens is 1. The van der Waals surface area contributed by atoms with E-state index in [2.05, 4.69) is 29.2 Å². The van der Waals surface area contributed by atoms with Crippen LogP contribution in [0.5, 0.6) is 0 Å². The Morgan fingerprint density at radius 1 is 1.00 bits per heavy atom. The maximum absolute atomic E-state index is 5.89.